The molecule has 0 aliphatic heterocycles. The lowest BCUT2D eigenvalue weighted by atomic mass is 10.1. The minimum Gasteiger partial charge on any atom is -0.481 e. The molecule has 1 aliphatic rings. The maximum Gasteiger partial charge on any atom is 0.335 e. The third-order valence-corrected chi connectivity index (χ3v) is 3.49. The Morgan fingerprint density at radius 1 is 1.24 bits per heavy atom. The number of hydrogen-bond donors (Lipinski definition) is 2. The smallest absolute Gasteiger partial charge is 0.335 e. The highest BCUT2D eigenvalue weighted by atomic mass is 16.4. The Morgan fingerprint density at radius 2 is 1.90 bits per heavy atom. The van der Waals surface area contributed by atoms with Crippen LogP contribution in [0.1, 0.15) is 35.2 Å². The van der Waals surface area contributed by atoms with Gasteiger partial charge in [0, 0.05) is 18.2 Å². The molecule has 1 fully saturated rings. The van der Waals surface area contributed by atoms with E-state index in [4.69, 9.17) is 10.2 Å². The number of aryl methyl sites for hydroxylation is 1. The van der Waals surface area contributed by atoms with Gasteiger partial charge in [-0.3, -0.25) is 9.59 Å². The van der Waals surface area contributed by atoms with Gasteiger partial charge in [-0.05, 0) is 37.5 Å². The fourth-order valence-electron chi connectivity index (χ4n) is 2.14. The number of benzene rings is 1. The molecule has 1 aliphatic carbocycles. The van der Waals surface area contributed by atoms with E-state index >= 15 is 0 Å². The highest BCUT2D eigenvalue weighted by molar-refractivity contribution is 5.99. The van der Waals surface area contributed by atoms with Gasteiger partial charge in [-0.25, -0.2) is 4.79 Å². The summed E-state index contributed by atoms with van der Waals surface area (Å²) in [5.74, 6) is -2.25. The number of amides is 1. The third kappa shape index (κ3) is 3.59. The van der Waals surface area contributed by atoms with Crippen molar-refractivity contribution in [2.75, 3.05) is 11.4 Å². The first kappa shape index (κ1) is 15.0. The van der Waals surface area contributed by atoms with Crippen LogP contribution in [0.3, 0.4) is 0 Å². The van der Waals surface area contributed by atoms with Gasteiger partial charge in [0.2, 0.25) is 5.91 Å². The van der Waals surface area contributed by atoms with Gasteiger partial charge in [-0.2, -0.15) is 0 Å². The third-order valence-electron chi connectivity index (χ3n) is 3.49. The molecule has 6 nitrogen and oxygen atoms in total. The predicted octanol–water partition coefficient (Wildman–Crippen LogP) is 1.91. The van der Waals surface area contributed by atoms with Gasteiger partial charge < -0.3 is 15.1 Å². The Kier molecular flexibility index (Phi) is 4.26. The van der Waals surface area contributed by atoms with Crippen molar-refractivity contribution in [3.63, 3.8) is 0 Å². The van der Waals surface area contributed by atoms with Gasteiger partial charge in [0.15, 0.2) is 0 Å². The molecule has 0 saturated heterocycles. The molecule has 0 atom stereocenters. The lowest BCUT2D eigenvalue weighted by Gasteiger charge is -2.24. The van der Waals surface area contributed by atoms with E-state index in [2.05, 4.69) is 0 Å². The fraction of sp³-hybridized carbons (Fsp3) is 0.400. The lowest BCUT2D eigenvalue weighted by Crippen LogP contribution is -2.34. The van der Waals surface area contributed by atoms with Crippen molar-refractivity contribution in [1.82, 2.24) is 0 Å². The van der Waals surface area contributed by atoms with E-state index < -0.39 is 11.9 Å². The molecule has 1 aromatic rings. The maximum atomic E-state index is 12.3. The molecule has 0 aromatic heterocycles. The van der Waals surface area contributed by atoms with E-state index in [1.165, 1.54) is 17.0 Å². The van der Waals surface area contributed by atoms with E-state index in [9.17, 15) is 14.4 Å². The summed E-state index contributed by atoms with van der Waals surface area (Å²) in [6.07, 6.45) is 1.44. The van der Waals surface area contributed by atoms with E-state index in [1.807, 2.05) is 0 Å². The molecule has 21 heavy (non-hydrogen) atoms. The van der Waals surface area contributed by atoms with Gasteiger partial charge in [-0.1, -0.05) is 6.07 Å². The van der Waals surface area contributed by atoms with E-state index in [0.717, 1.165) is 18.4 Å². The zero-order chi connectivity index (χ0) is 15.6. The second-order valence-electron chi connectivity index (χ2n) is 5.21. The van der Waals surface area contributed by atoms with Gasteiger partial charge in [0.05, 0.1) is 12.0 Å². The monoisotopic (exact) mass is 291 g/mol. The number of anilines is 1. The van der Waals surface area contributed by atoms with E-state index in [0.29, 0.717) is 5.69 Å². The SMILES string of the molecule is Cc1ccc(C(=O)O)cc1N(CCC(=O)O)C(=O)C1CC1. The number of aliphatic carboxylic acids is 1. The molecule has 0 bridgehead atoms. The number of hydrogen-bond acceptors (Lipinski definition) is 3. The molecule has 1 saturated carbocycles. The Hall–Kier alpha value is -2.37. The number of carbonyl (C=O) groups is 3. The van der Waals surface area contributed by atoms with Crippen LogP contribution in [-0.2, 0) is 9.59 Å². The number of carbonyl (C=O) groups excluding carboxylic acids is 1. The summed E-state index contributed by atoms with van der Waals surface area (Å²) in [6, 6.07) is 4.53. The number of carboxylic acids is 2. The molecule has 2 N–H and O–H groups in total. The first-order valence-corrected chi connectivity index (χ1v) is 6.77. The normalized spacial score (nSPS) is 13.8. The summed E-state index contributed by atoms with van der Waals surface area (Å²) in [4.78, 5) is 35.6. The molecule has 1 amide bonds. The first-order chi connectivity index (χ1) is 9.90. The van der Waals surface area contributed by atoms with Crippen molar-refractivity contribution in [2.45, 2.75) is 26.2 Å². The highest BCUT2D eigenvalue weighted by Crippen LogP contribution is 2.34. The average Bonchev–Trinajstić information content (AvgIpc) is 3.24. The van der Waals surface area contributed by atoms with Crippen molar-refractivity contribution < 1.29 is 24.6 Å². The molecule has 6 heteroatoms. The zero-order valence-electron chi connectivity index (χ0n) is 11.7. The highest BCUT2D eigenvalue weighted by Gasteiger charge is 2.34. The Morgan fingerprint density at radius 3 is 2.43 bits per heavy atom. The van der Waals surface area contributed by atoms with Crippen LogP contribution in [0.5, 0.6) is 0 Å². The minimum absolute atomic E-state index is 0.0502. The predicted molar refractivity (Wildman–Crippen MR) is 75.5 cm³/mol. The molecule has 0 unspecified atom stereocenters. The molecular weight excluding hydrogens is 274 g/mol. The van der Waals surface area contributed by atoms with Crippen LogP contribution >= 0.6 is 0 Å². The number of nitrogens with zero attached hydrogens (tertiary/aromatic N) is 1. The van der Waals surface area contributed by atoms with Gasteiger partial charge in [-0.15, -0.1) is 0 Å². The topological polar surface area (TPSA) is 94.9 Å². The van der Waals surface area contributed by atoms with Gasteiger partial charge >= 0.3 is 11.9 Å². The number of carboxylic acid groups (broad SMARTS) is 2. The van der Waals surface area contributed by atoms with E-state index in [-0.39, 0.29) is 30.4 Å². The van der Waals surface area contributed by atoms with Crippen LogP contribution < -0.4 is 4.90 Å². The largest absolute Gasteiger partial charge is 0.481 e. The van der Waals surface area contributed by atoms with Crippen molar-refractivity contribution in [3.8, 4) is 0 Å². The van der Waals surface area contributed by atoms with Crippen LogP contribution in [0.4, 0.5) is 5.69 Å². The Bertz CT molecular complexity index is 592. The van der Waals surface area contributed by atoms with Gasteiger partial charge in [0.25, 0.3) is 0 Å². The summed E-state index contributed by atoms with van der Waals surface area (Å²) >= 11 is 0. The second kappa shape index (κ2) is 5.95. The Balaban J connectivity index is 2.34. The molecule has 1 aromatic carbocycles. The van der Waals surface area contributed by atoms with Crippen LogP contribution in [0.2, 0.25) is 0 Å². The molecule has 0 heterocycles. The number of rotatable bonds is 6. The summed E-state index contributed by atoms with van der Waals surface area (Å²) in [5.41, 5.74) is 1.31. The molecular formula is C15H17NO5. The average molecular weight is 291 g/mol. The summed E-state index contributed by atoms with van der Waals surface area (Å²) < 4.78 is 0. The second-order valence-corrected chi connectivity index (χ2v) is 5.21. The minimum atomic E-state index is -1.08. The Labute approximate surface area is 122 Å². The summed E-state index contributed by atoms with van der Waals surface area (Å²) in [6.45, 7) is 1.82. The van der Waals surface area contributed by atoms with Crippen molar-refractivity contribution in [2.24, 2.45) is 5.92 Å². The maximum absolute atomic E-state index is 12.3. The molecule has 0 radical (unpaired) electrons. The van der Waals surface area contributed by atoms with Crippen molar-refractivity contribution in [3.05, 3.63) is 29.3 Å². The van der Waals surface area contributed by atoms with Crippen LogP contribution in [-0.4, -0.2) is 34.6 Å². The summed E-state index contributed by atoms with van der Waals surface area (Å²) in [7, 11) is 0. The van der Waals surface area contributed by atoms with Gasteiger partial charge in [0.1, 0.15) is 0 Å². The first-order valence-electron chi connectivity index (χ1n) is 6.77. The van der Waals surface area contributed by atoms with Crippen LogP contribution in [0.15, 0.2) is 18.2 Å². The van der Waals surface area contributed by atoms with Crippen LogP contribution in [0.25, 0.3) is 0 Å². The molecule has 0 spiro atoms. The quantitative estimate of drug-likeness (QED) is 0.834. The molecule has 2 rings (SSSR count). The fourth-order valence-corrected chi connectivity index (χ4v) is 2.14. The standard InChI is InChI=1S/C15H17NO5/c1-9-2-3-11(15(20)21)8-12(9)16(7-6-13(17)18)14(19)10-4-5-10/h2-3,8,10H,4-7H2,1H3,(H,17,18)(H,20,21). The lowest BCUT2D eigenvalue weighted by molar-refractivity contribution is -0.136. The van der Waals surface area contributed by atoms with E-state index in [1.54, 1.807) is 13.0 Å². The zero-order valence-corrected chi connectivity index (χ0v) is 11.7. The van der Waals surface area contributed by atoms with Crippen LogP contribution in [0, 0.1) is 12.8 Å². The van der Waals surface area contributed by atoms with Crippen molar-refractivity contribution in [1.29, 1.82) is 0 Å². The van der Waals surface area contributed by atoms with Crippen molar-refractivity contribution >= 4 is 23.5 Å². The molecule has 112 valence electrons. The number of aromatic carboxylic acids is 1. The summed E-state index contributed by atoms with van der Waals surface area (Å²) in [5, 5.41) is 17.9.